The molecule has 0 unspecified atom stereocenters. The van der Waals surface area contributed by atoms with Gasteiger partial charge in [-0.3, -0.25) is 19.1 Å². The van der Waals surface area contributed by atoms with Gasteiger partial charge < -0.3 is 34.6 Å². The standard InChI is InChI=1S/C40H53N7O9S2/c1-11-23-19-40(23,35(50)45-58(52,53)26-13-14-26)44-32(48)29-18-25(21-47(29)34(49)31(38(2,3)4)43-37(51)56-39(5,6)7)55-33-27-15-12-24(54-10)16-22(27)17-28(42-33)30-20-41-36(57-30)46(8)9/h11-12,15-17,20,23,25-26,29,31H,1,13-14,18-19,21H2,2-10H3,(H,43,51)(H,44,48)(H,45,50)/t23-,25-,29+,31-,40-/m1/s1. The molecular formula is C40H53N7O9S2. The summed E-state index contributed by atoms with van der Waals surface area (Å²) in [6, 6.07) is 5.03. The van der Waals surface area contributed by atoms with Gasteiger partial charge in [0.15, 0.2) is 5.13 Å². The molecule has 2 saturated carbocycles. The van der Waals surface area contributed by atoms with Gasteiger partial charge in [-0.15, -0.1) is 6.58 Å². The second-order valence-corrected chi connectivity index (χ2v) is 20.4. The number of rotatable bonds is 13. The number of nitrogens with zero attached hydrogens (tertiary/aromatic N) is 4. The number of hydrogen-bond donors (Lipinski definition) is 3. The number of thiazole rings is 1. The fourth-order valence-corrected chi connectivity index (χ4v) is 9.09. The molecule has 18 heteroatoms. The van der Waals surface area contributed by atoms with Gasteiger partial charge in [0, 0.05) is 38.0 Å². The van der Waals surface area contributed by atoms with E-state index >= 15 is 0 Å². The van der Waals surface area contributed by atoms with E-state index in [4.69, 9.17) is 19.2 Å². The molecule has 1 saturated heterocycles. The normalized spacial score (nSPS) is 22.4. The number of likely N-dealkylation sites (tertiary alicyclic amines) is 1. The second kappa shape index (κ2) is 15.7. The molecule has 4 amide bonds. The van der Waals surface area contributed by atoms with Crippen LogP contribution in [-0.4, -0.2) is 109 Å². The lowest BCUT2D eigenvalue weighted by Crippen LogP contribution is -2.60. The van der Waals surface area contributed by atoms with Gasteiger partial charge in [-0.2, -0.15) is 0 Å². The third kappa shape index (κ3) is 9.17. The highest BCUT2D eigenvalue weighted by atomic mass is 32.2. The summed E-state index contributed by atoms with van der Waals surface area (Å²) in [6.45, 7) is 14.2. The average Bonchev–Trinajstić information content (AvgIpc) is 4.01. The maximum atomic E-state index is 14.7. The van der Waals surface area contributed by atoms with Gasteiger partial charge in [-0.25, -0.2) is 23.2 Å². The van der Waals surface area contributed by atoms with E-state index in [-0.39, 0.29) is 25.3 Å². The number of alkyl carbamates (subject to hydrolysis) is 1. The van der Waals surface area contributed by atoms with Crippen molar-refractivity contribution in [2.24, 2.45) is 11.3 Å². The Hall–Kier alpha value is -4.97. The van der Waals surface area contributed by atoms with Gasteiger partial charge >= 0.3 is 6.09 Å². The number of carbonyl (C=O) groups is 4. The van der Waals surface area contributed by atoms with Crippen LogP contribution in [-0.2, 0) is 29.1 Å². The Balaban J connectivity index is 1.35. The van der Waals surface area contributed by atoms with Crippen molar-refractivity contribution in [3.63, 3.8) is 0 Å². The summed E-state index contributed by atoms with van der Waals surface area (Å²) < 4.78 is 45.4. The summed E-state index contributed by atoms with van der Waals surface area (Å²) in [4.78, 5) is 69.3. The molecule has 2 aliphatic carbocycles. The highest BCUT2D eigenvalue weighted by Crippen LogP contribution is 2.46. The van der Waals surface area contributed by atoms with Gasteiger partial charge in [0.1, 0.15) is 35.1 Å². The van der Waals surface area contributed by atoms with Crippen molar-refractivity contribution in [3.8, 4) is 22.2 Å². The summed E-state index contributed by atoms with van der Waals surface area (Å²) in [7, 11) is 1.44. The fourth-order valence-electron chi connectivity index (χ4n) is 6.93. The topological polar surface area (TPSA) is 198 Å². The lowest BCUT2D eigenvalue weighted by molar-refractivity contribution is -0.143. The van der Waals surface area contributed by atoms with Gasteiger partial charge in [0.25, 0.3) is 5.91 Å². The number of carbonyl (C=O) groups excluding carboxylic acids is 4. The van der Waals surface area contributed by atoms with E-state index in [1.165, 1.54) is 22.3 Å². The summed E-state index contributed by atoms with van der Waals surface area (Å²) in [5.41, 5.74) is -2.69. The van der Waals surface area contributed by atoms with E-state index in [0.29, 0.717) is 29.7 Å². The first-order valence-corrected chi connectivity index (χ1v) is 21.5. The highest BCUT2D eigenvalue weighted by Gasteiger charge is 2.62. The maximum Gasteiger partial charge on any atom is 0.408 e. The van der Waals surface area contributed by atoms with Crippen LogP contribution in [0.3, 0.4) is 0 Å². The van der Waals surface area contributed by atoms with Crippen molar-refractivity contribution in [2.75, 3.05) is 32.6 Å². The van der Waals surface area contributed by atoms with Gasteiger partial charge in [0.05, 0.1) is 29.5 Å². The van der Waals surface area contributed by atoms with Crippen molar-refractivity contribution in [2.45, 2.75) is 102 Å². The molecule has 3 fully saturated rings. The first-order chi connectivity index (χ1) is 27.0. The van der Waals surface area contributed by atoms with E-state index in [2.05, 4.69) is 26.9 Å². The quantitative estimate of drug-likeness (QED) is 0.206. The van der Waals surface area contributed by atoms with E-state index in [0.717, 1.165) is 15.4 Å². The van der Waals surface area contributed by atoms with Crippen LogP contribution in [0.2, 0.25) is 0 Å². The average molecular weight is 840 g/mol. The Morgan fingerprint density at radius 1 is 1.10 bits per heavy atom. The number of nitrogens with one attached hydrogen (secondary N) is 3. The molecule has 1 aliphatic heterocycles. The number of aromatic nitrogens is 2. The first kappa shape index (κ1) is 42.6. The lowest BCUT2D eigenvalue weighted by Gasteiger charge is -2.36. The van der Waals surface area contributed by atoms with Crippen LogP contribution in [0, 0.1) is 11.3 Å². The van der Waals surface area contributed by atoms with Crippen LogP contribution < -0.4 is 29.7 Å². The highest BCUT2D eigenvalue weighted by molar-refractivity contribution is 7.91. The number of ether oxygens (including phenoxy) is 3. The molecule has 2 aromatic heterocycles. The van der Waals surface area contributed by atoms with Crippen molar-refractivity contribution in [1.82, 2.24) is 30.2 Å². The summed E-state index contributed by atoms with van der Waals surface area (Å²) >= 11 is 1.45. The number of hydrogen-bond acceptors (Lipinski definition) is 13. The van der Waals surface area contributed by atoms with E-state index in [1.807, 2.05) is 37.2 Å². The summed E-state index contributed by atoms with van der Waals surface area (Å²) in [5, 5.41) is 7.08. The van der Waals surface area contributed by atoms with Gasteiger partial charge in [0.2, 0.25) is 27.7 Å². The molecular weight excluding hydrogens is 787 g/mol. The molecule has 3 aromatic rings. The van der Waals surface area contributed by atoms with Crippen molar-refractivity contribution in [1.29, 1.82) is 0 Å². The number of amides is 4. The Kier molecular flexibility index (Phi) is 11.5. The minimum absolute atomic E-state index is 0.0212. The molecule has 3 aliphatic rings. The Morgan fingerprint density at radius 3 is 2.38 bits per heavy atom. The van der Waals surface area contributed by atoms with Crippen LogP contribution >= 0.6 is 11.3 Å². The monoisotopic (exact) mass is 839 g/mol. The molecule has 3 N–H and O–H groups in total. The molecule has 6 rings (SSSR count). The zero-order valence-corrected chi connectivity index (χ0v) is 36.0. The number of anilines is 1. The van der Waals surface area contributed by atoms with Crippen LogP contribution in [0.1, 0.15) is 67.2 Å². The first-order valence-electron chi connectivity index (χ1n) is 19.1. The molecule has 314 valence electrons. The van der Waals surface area contributed by atoms with Crippen LogP contribution in [0.4, 0.5) is 9.93 Å². The molecule has 1 aromatic carbocycles. The predicted octanol–water partition coefficient (Wildman–Crippen LogP) is 4.39. The molecule has 0 spiro atoms. The van der Waals surface area contributed by atoms with Crippen LogP contribution in [0.25, 0.3) is 21.3 Å². The number of methoxy groups -OCH3 is 1. The molecule has 58 heavy (non-hydrogen) atoms. The van der Waals surface area contributed by atoms with Crippen molar-refractivity contribution < 1.29 is 41.8 Å². The number of sulfonamides is 1. The van der Waals surface area contributed by atoms with Crippen molar-refractivity contribution in [3.05, 3.63) is 43.1 Å². The van der Waals surface area contributed by atoms with E-state index < -0.39 is 79.7 Å². The Labute approximate surface area is 343 Å². The zero-order chi connectivity index (χ0) is 42.5. The summed E-state index contributed by atoms with van der Waals surface area (Å²) in [6.07, 6.45) is 2.63. The van der Waals surface area contributed by atoms with Crippen LogP contribution in [0.5, 0.6) is 11.6 Å². The Morgan fingerprint density at radius 2 is 1.81 bits per heavy atom. The van der Waals surface area contributed by atoms with Crippen molar-refractivity contribution >= 4 is 61.1 Å². The minimum atomic E-state index is -3.93. The zero-order valence-electron chi connectivity index (χ0n) is 34.4. The molecule has 16 nitrogen and oxygen atoms in total. The van der Waals surface area contributed by atoms with Crippen LogP contribution in [0.15, 0.2) is 43.1 Å². The SMILES string of the molecule is C=C[C@@H]1C[C@]1(NC(=O)[C@@H]1C[C@@H](Oc2nc(-c3cnc(N(C)C)s3)cc3cc(OC)ccc23)CN1C(=O)[C@@H](NC(=O)OC(C)(C)C)C(C)(C)C)C(=O)NS(=O)(=O)C1CC1. The number of pyridine rings is 1. The molecule has 5 atom stereocenters. The smallest absolute Gasteiger partial charge is 0.408 e. The minimum Gasteiger partial charge on any atom is -0.497 e. The third-order valence-electron chi connectivity index (χ3n) is 10.3. The largest absolute Gasteiger partial charge is 0.497 e. The lowest BCUT2D eigenvalue weighted by atomic mass is 9.85. The third-order valence-corrected chi connectivity index (χ3v) is 13.3. The molecule has 0 bridgehead atoms. The fraction of sp³-hybridized carbons (Fsp3) is 0.550. The molecule has 0 radical (unpaired) electrons. The van der Waals surface area contributed by atoms with E-state index in [9.17, 15) is 27.6 Å². The number of benzene rings is 1. The van der Waals surface area contributed by atoms with Gasteiger partial charge in [-0.1, -0.05) is 38.2 Å². The van der Waals surface area contributed by atoms with E-state index in [1.54, 1.807) is 60.9 Å². The second-order valence-electron chi connectivity index (χ2n) is 17.4. The predicted molar refractivity (Wildman–Crippen MR) is 220 cm³/mol. The number of fused-ring (bicyclic) bond motifs is 1. The van der Waals surface area contributed by atoms with Gasteiger partial charge in [-0.05, 0) is 75.1 Å². The Bertz CT molecular complexity index is 2230. The maximum absolute atomic E-state index is 14.7. The summed E-state index contributed by atoms with van der Waals surface area (Å²) in [5.74, 6) is -1.80. The molecule has 3 heterocycles.